The molecule has 0 saturated heterocycles. The van der Waals surface area contributed by atoms with Crippen LogP contribution in [0.1, 0.15) is 27.6 Å². The second-order valence-corrected chi connectivity index (χ2v) is 4.76. The number of carbonyl (C=O) groups is 2. The number of benzene rings is 2. The van der Waals surface area contributed by atoms with Gasteiger partial charge in [-0.15, -0.1) is 0 Å². The minimum Gasteiger partial charge on any atom is -0.545 e. The van der Waals surface area contributed by atoms with Crippen LogP contribution in [-0.2, 0) is 0 Å². The number of carboxylic acids is 1. The van der Waals surface area contributed by atoms with Crippen LogP contribution in [0.2, 0.25) is 0 Å². The molecule has 0 aliphatic carbocycles. The van der Waals surface area contributed by atoms with Gasteiger partial charge in [-0.05, 0) is 49.4 Å². The number of phenols is 1. The Morgan fingerprint density at radius 3 is 2.20 bits per heavy atom. The van der Waals surface area contributed by atoms with Crippen molar-refractivity contribution >= 4 is 23.3 Å². The molecular formula is C16H14N3NaO5. The van der Waals surface area contributed by atoms with E-state index in [1.165, 1.54) is 36.4 Å². The summed E-state index contributed by atoms with van der Waals surface area (Å²) in [5, 5.41) is 38.0. The van der Waals surface area contributed by atoms with Crippen molar-refractivity contribution in [1.29, 1.82) is 0 Å². The second kappa shape index (κ2) is 9.28. The van der Waals surface area contributed by atoms with Gasteiger partial charge in [0.05, 0.1) is 17.3 Å². The maximum absolute atomic E-state index is 11.7. The molecule has 0 fully saturated rings. The molecule has 2 aromatic rings. The summed E-state index contributed by atoms with van der Waals surface area (Å²) in [7, 11) is 0. The van der Waals surface area contributed by atoms with Crippen LogP contribution in [0.4, 0.5) is 11.4 Å². The summed E-state index contributed by atoms with van der Waals surface area (Å²) in [6, 6.07) is 9.74. The third-order valence-electron chi connectivity index (χ3n) is 3.13. The molecule has 0 radical (unpaired) electrons. The smallest absolute Gasteiger partial charge is 0.545 e. The zero-order valence-corrected chi connectivity index (χ0v) is 15.7. The van der Waals surface area contributed by atoms with Crippen molar-refractivity contribution in [3.8, 4) is 5.75 Å². The van der Waals surface area contributed by atoms with E-state index in [9.17, 15) is 25.0 Å². The largest absolute Gasteiger partial charge is 1.00 e. The molecule has 2 N–H and O–H groups in total. The normalized spacial score (nSPS) is 10.3. The average Bonchev–Trinajstić information content (AvgIpc) is 2.59. The van der Waals surface area contributed by atoms with Crippen LogP contribution in [0.15, 0.2) is 52.7 Å². The fourth-order valence-corrected chi connectivity index (χ4v) is 1.83. The first kappa shape index (κ1) is 20.8. The van der Waals surface area contributed by atoms with Gasteiger partial charge in [0, 0.05) is 17.7 Å². The number of rotatable bonds is 5. The first-order valence-electron chi connectivity index (χ1n) is 6.99. The Labute approximate surface area is 165 Å². The van der Waals surface area contributed by atoms with E-state index in [-0.39, 0.29) is 47.4 Å². The van der Waals surface area contributed by atoms with Gasteiger partial charge in [0.25, 0.3) is 5.91 Å². The van der Waals surface area contributed by atoms with Crippen molar-refractivity contribution in [2.45, 2.75) is 6.92 Å². The van der Waals surface area contributed by atoms with Crippen molar-refractivity contribution in [1.82, 2.24) is 5.06 Å². The monoisotopic (exact) mass is 351 g/mol. The summed E-state index contributed by atoms with van der Waals surface area (Å²) >= 11 is 0. The molecule has 8 nitrogen and oxygen atoms in total. The number of nitrogens with zero attached hydrogens (tertiary/aromatic N) is 3. The molecule has 0 aromatic heterocycles. The molecule has 9 heteroatoms. The molecule has 0 aliphatic rings. The number of amides is 1. The molecular weight excluding hydrogens is 337 g/mol. The molecule has 0 heterocycles. The standard InChI is InChI=1S/C16H15N3O5.Na/c1-2-19(24)15(21)10-3-5-11(6-4-10)17-18-12-7-8-14(20)13(9-12)16(22)23;/h3-9,20,24H,2H2,1H3,(H,22,23);/q;+1/p-1. The number of hydrogen-bond donors (Lipinski definition) is 2. The van der Waals surface area contributed by atoms with Crippen LogP contribution < -0.4 is 34.7 Å². The minimum absolute atomic E-state index is 0. The second-order valence-electron chi connectivity index (χ2n) is 4.76. The maximum Gasteiger partial charge on any atom is 1.00 e. The van der Waals surface area contributed by atoms with E-state index in [0.29, 0.717) is 16.3 Å². The van der Waals surface area contributed by atoms with E-state index in [0.717, 1.165) is 6.07 Å². The first-order chi connectivity index (χ1) is 11.4. The van der Waals surface area contributed by atoms with Crippen LogP contribution in [0.5, 0.6) is 5.75 Å². The Hall–Kier alpha value is -2.26. The summed E-state index contributed by atoms with van der Waals surface area (Å²) in [4.78, 5) is 22.6. The van der Waals surface area contributed by atoms with Gasteiger partial charge in [0.15, 0.2) is 0 Å². The van der Waals surface area contributed by atoms with E-state index in [1.54, 1.807) is 6.92 Å². The van der Waals surface area contributed by atoms with Crippen molar-refractivity contribution in [2.75, 3.05) is 6.54 Å². The van der Waals surface area contributed by atoms with E-state index in [4.69, 9.17) is 0 Å². The van der Waals surface area contributed by atoms with Gasteiger partial charge >= 0.3 is 29.6 Å². The molecule has 0 unspecified atom stereocenters. The van der Waals surface area contributed by atoms with E-state index in [2.05, 4.69) is 10.2 Å². The van der Waals surface area contributed by atoms with Crippen molar-refractivity contribution in [3.05, 3.63) is 53.6 Å². The Bertz CT molecular complexity index is 793. The predicted molar refractivity (Wildman–Crippen MR) is 81.6 cm³/mol. The first-order valence-corrected chi connectivity index (χ1v) is 6.99. The average molecular weight is 351 g/mol. The molecule has 2 rings (SSSR count). The Balaban J connectivity index is 0.00000312. The Morgan fingerprint density at radius 2 is 1.64 bits per heavy atom. The number of azo groups is 1. The number of carboxylic acid groups (broad SMARTS) is 1. The van der Waals surface area contributed by atoms with Gasteiger partial charge in [0.2, 0.25) is 0 Å². The maximum atomic E-state index is 11.7. The van der Waals surface area contributed by atoms with Gasteiger partial charge in [-0.2, -0.15) is 10.2 Å². The van der Waals surface area contributed by atoms with Crippen molar-refractivity contribution < 1.29 is 54.6 Å². The topological polar surface area (TPSA) is 126 Å². The molecule has 0 atom stereocenters. The van der Waals surface area contributed by atoms with E-state index in [1.807, 2.05) is 0 Å². The van der Waals surface area contributed by atoms with Crippen LogP contribution in [0, 0.1) is 0 Å². The summed E-state index contributed by atoms with van der Waals surface area (Å²) in [5.74, 6) is -2.46. The van der Waals surface area contributed by atoms with Crippen molar-refractivity contribution in [3.63, 3.8) is 0 Å². The number of aromatic hydroxyl groups is 1. The van der Waals surface area contributed by atoms with Gasteiger partial charge in [-0.25, -0.2) is 5.06 Å². The number of carbonyl (C=O) groups excluding carboxylic acids is 2. The van der Waals surface area contributed by atoms with E-state index >= 15 is 0 Å². The zero-order valence-electron chi connectivity index (χ0n) is 13.7. The van der Waals surface area contributed by atoms with Crippen LogP contribution in [0.3, 0.4) is 0 Å². The molecule has 124 valence electrons. The summed E-state index contributed by atoms with van der Waals surface area (Å²) in [6.07, 6.45) is 0. The van der Waals surface area contributed by atoms with Crippen LogP contribution >= 0.6 is 0 Å². The SMILES string of the molecule is CCN(O)C(=O)c1ccc(N=Nc2ccc(O)c(C(=O)[O-])c2)cc1.[Na+]. The third kappa shape index (κ3) is 5.36. The molecule has 0 aliphatic heterocycles. The molecule has 2 aromatic carbocycles. The molecule has 1 amide bonds. The number of aromatic carboxylic acids is 1. The van der Waals surface area contributed by atoms with Gasteiger partial charge in [0.1, 0.15) is 5.75 Å². The zero-order chi connectivity index (χ0) is 17.7. The van der Waals surface area contributed by atoms with Gasteiger partial charge < -0.3 is 15.0 Å². The summed E-state index contributed by atoms with van der Waals surface area (Å²) in [5.41, 5.74) is 0.562. The fourth-order valence-electron chi connectivity index (χ4n) is 1.83. The van der Waals surface area contributed by atoms with Crippen LogP contribution in [-0.4, -0.2) is 33.8 Å². The van der Waals surface area contributed by atoms with Gasteiger partial charge in [-0.1, -0.05) is 0 Å². The molecule has 0 saturated carbocycles. The Morgan fingerprint density at radius 1 is 1.08 bits per heavy atom. The quantitative estimate of drug-likeness (QED) is 0.310. The number of hydrogen-bond acceptors (Lipinski definition) is 7. The van der Waals surface area contributed by atoms with Crippen molar-refractivity contribution in [2.24, 2.45) is 10.2 Å². The Kier molecular flexibility index (Phi) is 7.72. The summed E-state index contributed by atoms with van der Waals surface area (Å²) in [6.45, 7) is 1.81. The fraction of sp³-hybridized carbons (Fsp3) is 0.125. The molecule has 0 spiro atoms. The minimum atomic E-state index is -1.52. The van der Waals surface area contributed by atoms with Crippen LogP contribution in [0.25, 0.3) is 0 Å². The van der Waals surface area contributed by atoms with E-state index < -0.39 is 17.6 Å². The predicted octanol–water partition coefficient (Wildman–Crippen LogP) is -0.974. The summed E-state index contributed by atoms with van der Waals surface area (Å²) < 4.78 is 0. The molecule has 25 heavy (non-hydrogen) atoms. The molecule has 0 bridgehead atoms. The third-order valence-corrected chi connectivity index (χ3v) is 3.13. The van der Waals surface area contributed by atoms with Gasteiger partial charge in [-0.3, -0.25) is 10.0 Å². The number of hydroxylamine groups is 2.